The third kappa shape index (κ3) is 3.86. The molecule has 0 amide bonds. The summed E-state index contributed by atoms with van der Waals surface area (Å²) in [5.74, 6) is 2.17. The second-order valence-electron chi connectivity index (χ2n) is 6.95. The maximum absolute atomic E-state index is 4.57. The van der Waals surface area contributed by atoms with E-state index in [0.717, 1.165) is 57.3 Å². The average Bonchev–Trinajstić information content (AvgIpc) is 2.96. The summed E-state index contributed by atoms with van der Waals surface area (Å²) in [6, 6.07) is 12.9. The molecule has 2 aliphatic rings. The zero-order valence-corrected chi connectivity index (χ0v) is 14.8. The second kappa shape index (κ2) is 7.72. The minimum absolute atomic E-state index is 1.01. The van der Waals surface area contributed by atoms with Gasteiger partial charge in [-0.2, -0.15) is 0 Å². The first-order chi connectivity index (χ1) is 12.4. The first-order valence-corrected chi connectivity index (χ1v) is 9.52. The number of hydrogen-bond donors (Lipinski definition) is 0. The molecule has 3 heterocycles. The van der Waals surface area contributed by atoms with E-state index in [0.29, 0.717) is 0 Å². The van der Waals surface area contributed by atoms with Crippen molar-refractivity contribution in [2.75, 3.05) is 54.0 Å². The molecule has 4 rings (SSSR count). The summed E-state index contributed by atoms with van der Waals surface area (Å²) < 4.78 is 0. The lowest BCUT2D eigenvalue weighted by Gasteiger charge is -2.29. The lowest BCUT2D eigenvalue weighted by Crippen LogP contribution is -2.32. The van der Waals surface area contributed by atoms with E-state index in [-0.39, 0.29) is 0 Å². The molecule has 0 atom stereocenters. The van der Waals surface area contributed by atoms with Gasteiger partial charge in [0.05, 0.1) is 0 Å². The number of nitrogens with zero attached hydrogens (tertiary/aromatic N) is 5. The summed E-state index contributed by atoms with van der Waals surface area (Å²) in [5, 5.41) is 0. The monoisotopic (exact) mass is 337 g/mol. The number of piperidine rings is 1. The van der Waals surface area contributed by atoms with Gasteiger partial charge in [0.15, 0.2) is 0 Å². The standard InChI is InChI=1S/C20H27N5/c1-3-8-18(9-4-1)23-12-7-13-25(15-14-23)20-16-19(21-17-22-20)24-10-5-2-6-11-24/h1,3-4,8-9,16-17H,2,5-7,10-15H2. The molecule has 25 heavy (non-hydrogen) atoms. The minimum Gasteiger partial charge on any atom is -0.370 e. The molecule has 0 aliphatic carbocycles. The summed E-state index contributed by atoms with van der Waals surface area (Å²) >= 11 is 0. The molecule has 2 aliphatic heterocycles. The van der Waals surface area contributed by atoms with Crippen LogP contribution < -0.4 is 14.7 Å². The lowest BCUT2D eigenvalue weighted by atomic mass is 10.1. The Hall–Kier alpha value is -2.30. The van der Waals surface area contributed by atoms with Gasteiger partial charge in [0, 0.05) is 51.0 Å². The Morgan fingerprint density at radius 1 is 0.600 bits per heavy atom. The molecule has 0 radical (unpaired) electrons. The fraction of sp³-hybridized carbons (Fsp3) is 0.500. The largest absolute Gasteiger partial charge is 0.370 e. The Balaban J connectivity index is 1.45. The van der Waals surface area contributed by atoms with Crippen LogP contribution in [0.5, 0.6) is 0 Å². The number of aromatic nitrogens is 2. The summed E-state index contributed by atoms with van der Waals surface area (Å²) in [6.45, 7) is 6.44. The third-order valence-corrected chi connectivity index (χ3v) is 5.26. The maximum Gasteiger partial charge on any atom is 0.134 e. The molecule has 5 nitrogen and oxygen atoms in total. The molecular weight excluding hydrogens is 310 g/mol. The molecule has 2 fully saturated rings. The van der Waals surface area contributed by atoms with Crippen LogP contribution in [0.3, 0.4) is 0 Å². The molecule has 0 bridgehead atoms. The van der Waals surface area contributed by atoms with Crippen molar-refractivity contribution in [2.45, 2.75) is 25.7 Å². The van der Waals surface area contributed by atoms with Gasteiger partial charge in [-0.05, 0) is 37.8 Å². The van der Waals surface area contributed by atoms with Gasteiger partial charge in [-0.15, -0.1) is 0 Å². The van der Waals surface area contributed by atoms with Gasteiger partial charge in [-0.1, -0.05) is 18.2 Å². The fourth-order valence-corrected chi connectivity index (χ4v) is 3.85. The molecule has 0 unspecified atom stereocenters. The summed E-state index contributed by atoms with van der Waals surface area (Å²) in [5.41, 5.74) is 1.32. The van der Waals surface area contributed by atoms with E-state index < -0.39 is 0 Å². The van der Waals surface area contributed by atoms with Crippen LogP contribution in [0.1, 0.15) is 25.7 Å². The molecule has 1 aromatic carbocycles. The van der Waals surface area contributed by atoms with Gasteiger partial charge in [0.1, 0.15) is 18.0 Å². The van der Waals surface area contributed by atoms with Crippen molar-refractivity contribution in [1.82, 2.24) is 9.97 Å². The van der Waals surface area contributed by atoms with Crippen molar-refractivity contribution < 1.29 is 0 Å². The molecule has 0 saturated carbocycles. The molecule has 0 spiro atoms. The predicted molar refractivity (Wildman–Crippen MR) is 104 cm³/mol. The second-order valence-corrected chi connectivity index (χ2v) is 6.95. The van der Waals surface area contributed by atoms with Crippen LogP contribution >= 0.6 is 0 Å². The minimum atomic E-state index is 1.01. The molecule has 2 aromatic rings. The SMILES string of the molecule is c1ccc(N2CCCN(c3cc(N4CCCCC4)ncn3)CC2)cc1. The van der Waals surface area contributed by atoms with E-state index in [4.69, 9.17) is 0 Å². The number of hydrogen-bond acceptors (Lipinski definition) is 5. The third-order valence-electron chi connectivity index (χ3n) is 5.26. The number of para-hydroxylation sites is 1. The van der Waals surface area contributed by atoms with Crippen LogP contribution in [0.15, 0.2) is 42.7 Å². The van der Waals surface area contributed by atoms with Gasteiger partial charge < -0.3 is 14.7 Å². The molecular formula is C20H27N5. The highest BCUT2D eigenvalue weighted by atomic mass is 15.3. The molecule has 0 N–H and O–H groups in total. The highest BCUT2D eigenvalue weighted by molar-refractivity contribution is 5.52. The summed E-state index contributed by atoms with van der Waals surface area (Å²) in [7, 11) is 0. The van der Waals surface area contributed by atoms with Crippen LogP contribution in [0.4, 0.5) is 17.3 Å². The van der Waals surface area contributed by atoms with Gasteiger partial charge in [-0.25, -0.2) is 9.97 Å². The maximum atomic E-state index is 4.57. The normalized spacial score (nSPS) is 19.0. The van der Waals surface area contributed by atoms with Crippen molar-refractivity contribution in [3.05, 3.63) is 42.7 Å². The Labute approximate surface area is 150 Å². The van der Waals surface area contributed by atoms with E-state index in [1.165, 1.54) is 24.9 Å². The quantitative estimate of drug-likeness (QED) is 0.859. The van der Waals surface area contributed by atoms with Crippen molar-refractivity contribution in [1.29, 1.82) is 0 Å². The van der Waals surface area contributed by atoms with Gasteiger partial charge in [0.25, 0.3) is 0 Å². The first-order valence-electron chi connectivity index (χ1n) is 9.52. The van der Waals surface area contributed by atoms with Crippen LogP contribution in [0.2, 0.25) is 0 Å². The Kier molecular flexibility index (Phi) is 5.00. The smallest absolute Gasteiger partial charge is 0.134 e. The lowest BCUT2D eigenvalue weighted by molar-refractivity contribution is 0.573. The molecule has 132 valence electrons. The average molecular weight is 337 g/mol. The van der Waals surface area contributed by atoms with Crippen LogP contribution in [0, 0.1) is 0 Å². The fourth-order valence-electron chi connectivity index (χ4n) is 3.85. The summed E-state index contributed by atoms with van der Waals surface area (Å²) in [6.07, 6.45) is 6.77. The highest BCUT2D eigenvalue weighted by Crippen LogP contribution is 2.23. The van der Waals surface area contributed by atoms with E-state index in [1.54, 1.807) is 6.33 Å². The van der Waals surface area contributed by atoms with Crippen LogP contribution in [-0.2, 0) is 0 Å². The summed E-state index contributed by atoms with van der Waals surface area (Å²) in [4.78, 5) is 16.4. The highest BCUT2D eigenvalue weighted by Gasteiger charge is 2.18. The van der Waals surface area contributed by atoms with Crippen molar-refractivity contribution in [2.24, 2.45) is 0 Å². The van der Waals surface area contributed by atoms with E-state index in [9.17, 15) is 0 Å². The van der Waals surface area contributed by atoms with E-state index in [2.05, 4.69) is 61.1 Å². The molecule has 1 aromatic heterocycles. The van der Waals surface area contributed by atoms with Gasteiger partial charge >= 0.3 is 0 Å². The number of rotatable bonds is 3. The first kappa shape index (κ1) is 16.2. The Morgan fingerprint density at radius 2 is 1.20 bits per heavy atom. The van der Waals surface area contributed by atoms with E-state index in [1.807, 2.05) is 0 Å². The van der Waals surface area contributed by atoms with Crippen molar-refractivity contribution in [3.63, 3.8) is 0 Å². The van der Waals surface area contributed by atoms with Gasteiger partial charge in [0.2, 0.25) is 0 Å². The number of benzene rings is 1. The van der Waals surface area contributed by atoms with Crippen molar-refractivity contribution >= 4 is 17.3 Å². The zero-order valence-electron chi connectivity index (χ0n) is 14.8. The molecule has 5 heteroatoms. The Bertz CT molecular complexity index is 669. The number of anilines is 3. The predicted octanol–water partition coefficient (Wildman–Crippen LogP) is 3.18. The molecule has 2 saturated heterocycles. The van der Waals surface area contributed by atoms with Gasteiger partial charge in [-0.3, -0.25) is 0 Å². The topological polar surface area (TPSA) is 35.5 Å². The van der Waals surface area contributed by atoms with Crippen LogP contribution in [0.25, 0.3) is 0 Å². The van der Waals surface area contributed by atoms with E-state index >= 15 is 0 Å². The van der Waals surface area contributed by atoms with Crippen molar-refractivity contribution in [3.8, 4) is 0 Å². The Morgan fingerprint density at radius 3 is 1.96 bits per heavy atom. The zero-order chi connectivity index (χ0) is 16.9. The van der Waals surface area contributed by atoms with Crippen LogP contribution in [-0.4, -0.2) is 49.2 Å².